The van der Waals surface area contributed by atoms with Crippen LogP contribution in [0.2, 0.25) is 0 Å². The van der Waals surface area contributed by atoms with Crippen LogP contribution in [0, 0.1) is 11.8 Å². The van der Waals surface area contributed by atoms with Crippen LogP contribution in [0.3, 0.4) is 0 Å². The minimum absolute atomic E-state index is 0.224. The second-order valence-corrected chi connectivity index (χ2v) is 11.2. The van der Waals surface area contributed by atoms with Crippen molar-refractivity contribution in [2.75, 3.05) is 27.2 Å². The summed E-state index contributed by atoms with van der Waals surface area (Å²) in [7, 11) is 2.96. The first-order valence-corrected chi connectivity index (χ1v) is 11.7. The number of rotatable bonds is 3. The largest absolute Gasteiger partial charge is 0.444 e. The summed E-state index contributed by atoms with van der Waals surface area (Å²) in [6.07, 6.45) is 1.37. The second kappa shape index (κ2) is 11.9. The van der Waals surface area contributed by atoms with Gasteiger partial charge < -0.3 is 14.3 Å². The number of likely N-dealkylation sites (N-methyl/N-ethyl adjacent to an activating group) is 1. The molecule has 0 aromatic carbocycles. The first kappa shape index (κ1) is 29.7. The van der Waals surface area contributed by atoms with Gasteiger partial charge in [-0.15, -0.1) is 0 Å². The fourth-order valence-electron chi connectivity index (χ4n) is 3.85. The Morgan fingerprint density at radius 2 is 1.29 bits per heavy atom. The lowest BCUT2D eigenvalue weighted by molar-refractivity contribution is -0.173. The molecule has 2 fully saturated rings. The van der Waals surface area contributed by atoms with Crippen molar-refractivity contribution in [2.24, 2.45) is 11.8 Å². The Labute approximate surface area is 203 Å². The van der Waals surface area contributed by atoms with Gasteiger partial charge in [0.1, 0.15) is 23.5 Å². The van der Waals surface area contributed by atoms with Gasteiger partial charge in [0.25, 0.3) is 5.91 Å². The van der Waals surface area contributed by atoms with Gasteiger partial charge in [0, 0.05) is 20.1 Å². The highest BCUT2D eigenvalue weighted by Crippen LogP contribution is 2.26. The van der Waals surface area contributed by atoms with Gasteiger partial charge in [0.15, 0.2) is 0 Å². The lowest BCUT2D eigenvalue weighted by Gasteiger charge is -2.29. The highest BCUT2D eigenvalue weighted by atomic mass is 16.7. The fourth-order valence-corrected chi connectivity index (χ4v) is 3.85. The molecule has 2 heterocycles. The van der Waals surface area contributed by atoms with Gasteiger partial charge in [-0.1, -0.05) is 13.8 Å². The molecule has 2 rings (SSSR count). The van der Waals surface area contributed by atoms with E-state index in [0.29, 0.717) is 25.4 Å². The minimum atomic E-state index is -0.566. The molecule has 0 radical (unpaired) electrons. The number of ether oxygens (including phenoxy) is 2. The van der Waals surface area contributed by atoms with Crippen LogP contribution in [0.1, 0.15) is 68.2 Å². The van der Waals surface area contributed by atoms with E-state index in [1.165, 1.54) is 16.9 Å². The monoisotopic (exact) mass is 485 g/mol. The summed E-state index contributed by atoms with van der Waals surface area (Å²) >= 11 is 0. The predicted molar refractivity (Wildman–Crippen MR) is 127 cm³/mol. The molecule has 0 aromatic rings. The Bertz CT molecular complexity index is 729. The van der Waals surface area contributed by atoms with E-state index in [9.17, 15) is 19.2 Å². The van der Waals surface area contributed by atoms with Crippen molar-refractivity contribution in [3.05, 3.63) is 0 Å². The quantitative estimate of drug-likeness (QED) is 0.445. The van der Waals surface area contributed by atoms with Gasteiger partial charge >= 0.3 is 12.2 Å². The summed E-state index contributed by atoms with van der Waals surface area (Å²) in [5, 5.41) is 1.15. The number of nitrogens with zero attached hydrogens (tertiary/aromatic N) is 3. The molecular weight excluding hydrogens is 442 g/mol. The van der Waals surface area contributed by atoms with Gasteiger partial charge in [-0.2, -0.15) is 0 Å². The maximum Gasteiger partial charge on any atom is 0.410 e. The SMILES string of the molecule is CON(C)C(=O)[C@@H]1C[C@@H](C)CN1C(=O)OC(C)(C)C.C[C@@H]1C[C@@H](C=O)N(C(=O)OC(C)(C)C)C1. The zero-order valence-electron chi connectivity index (χ0n) is 22.4. The topological polar surface area (TPSA) is 106 Å². The molecule has 3 amide bonds. The summed E-state index contributed by atoms with van der Waals surface area (Å²) in [6, 6.07) is -0.815. The molecule has 10 nitrogen and oxygen atoms in total. The van der Waals surface area contributed by atoms with Gasteiger partial charge in [-0.3, -0.25) is 19.4 Å². The molecule has 0 bridgehead atoms. The van der Waals surface area contributed by atoms with Crippen LogP contribution in [0.15, 0.2) is 0 Å². The van der Waals surface area contributed by atoms with E-state index in [1.54, 1.807) is 7.05 Å². The van der Waals surface area contributed by atoms with Gasteiger partial charge in [0.2, 0.25) is 0 Å². The molecule has 0 spiro atoms. The van der Waals surface area contributed by atoms with Gasteiger partial charge in [-0.25, -0.2) is 14.7 Å². The third kappa shape index (κ3) is 9.12. The van der Waals surface area contributed by atoms with E-state index in [-0.39, 0.29) is 24.0 Å². The highest BCUT2D eigenvalue weighted by molar-refractivity contribution is 5.85. The lowest BCUT2D eigenvalue weighted by Crippen LogP contribution is -2.47. The standard InChI is InChI=1S/C13H24N2O4.C11H19NO3/c1-9-7-10(11(16)14(5)18-6)15(8-9)12(17)19-13(2,3)4;1-8-5-9(7-13)12(6-8)10(14)15-11(2,3)4/h9-10H,7-8H2,1-6H3;7-9H,5-6H2,1-4H3/t9-,10+;8-,9+/m11/s1. The zero-order chi connectivity index (χ0) is 26.4. The lowest BCUT2D eigenvalue weighted by atomic mass is 10.1. The molecule has 0 aliphatic carbocycles. The second-order valence-electron chi connectivity index (χ2n) is 11.2. The Morgan fingerprint density at radius 3 is 1.74 bits per heavy atom. The van der Waals surface area contributed by atoms with Crippen molar-refractivity contribution in [3.8, 4) is 0 Å². The maximum atomic E-state index is 12.2. The van der Waals surface area contributed by atoms with Crippen molar-refractivity contribution < 1.29 is 33.5 Å². The van der Waals surface area contributed by atoms with Crippen molar-refractivity contribution in [2.45, 2.75) is 91.5 Å². The predicted octanol–water partition coefficient (Wildman–Crippen LogP) is 3.48. The molecule has 2 aliphatic rings. The number of hydroxylamine groups is 2. The van der Waals surface area contributed by atoms with E-state index >= 15 is 0 Å². The minimum Gasteiger partial charge on any atom is -0.444 e. The average molecular weight is 486 g/mol. The summed E-state index contributed by atoms with van der Waals surface area (Å²) in [4.78, 5) is 54.7. The summed E-state index contributed by atoms with van der Waals surface area (Å²) in [6.45, 7) is 16.1. The van der Waals surface area contributed by atoms with Gasteiger partial charge in [-0.05, 0) is 66.2 Å². The Kier molecular flexibility index (Phi) is 10.4. The van der Waals surface area contributed by atoms with Crippen molar-refractivity contribution >= 4 is 24.4 Å². The zero-order valence-corrected chi connectivity index (χ0v) is 22.4. The van der Waals surface area contributed by atoms with Crippen LogP contribution in [0.25, 0.3) is 0 Å². The van der Waals surface area contributed by atoms with E-state index in [1.807, 2.05) is 55.4 Å². The number of hydrogen-bond acceptors (Lipinski definition) is 7. The molecule has 34 heavy (non-hydrogen) atoms. The van der Waals surface area contributed by atoms with Crippen molar-refractivity contribution in [3.63, 3.8) is 0 Å². The molecule has 0 aromatic heterocycles. The normalized spacial score (nSPS) is 24.8. The molecule has 0 saturated carbocycles. The van der Waals surface area contributed by atoms with Crippen molar-refractivity contribution in [1.29, 1.82) is 0 Å². The third-order valence-corrected chi connectivity index (χ3v) is 5.35. The van der Waals surface area contributed by atoms with E-state index in [0.717, 1.165) is 17.8 Å². The molecule has 2 aliphatic heterocycles. The third-order valence-electron chi connectivity index (χ3n) is 5.35. The molecule has 10 heteroatoms. The van der Waals surface area contributed by atoms with Crippen LogP contribution >= 0.6 is 0 Å². The van der Waals surface area contributed by atoms with Crippen LogP contribution in [0.5, 0.6) is 0 Å². The molecule has 2 saturated heterocycles. The summed E-state index contributed by atoms with van der Waals surface area (Å²) < 4.78 is 10.6. The van der Waals surface area contributed by atoms with E-state index < -0.39 is 23.3 Å². The molecule has 196 valence electrons. The first-order chi connectivity index (χ1) is 15.5. The Morgan fingerprint density at radius 1 is 0.853 bits per heavy atom. The van der Waals surface area contributed by atoms with Crippen molar-refractivity contribution in [1.82, 2.24) is 14.9 Å². The van der Waals surface area contributed by atoms with Crippen LogP contribution < -0.4 is 0 Å². The van der Waals surface area contributed by atoms with E-state index in [2.05, 4.69) is 0 Å². The highest BCUT2D eigenvalue weighted by Gasteiger charge is 2.41. The number of likely N-dealkylation sites (tertiary alicyclic amines) is 2. The summed E-state index contributed by atoms with van der Waals surface area (Å²) in [5.74, 6) is 0.414. The average Bonchev–Trinajstić information content (AvgIpc) is 3.27. The molecule has 4 atom stereocenters. The van der Waals surface area contributed by atoms with E-state index in [4.69, 9.17) is 14.3 Å². The van der Waals surface area contributed by atoms with Crippen LogP contribution in [-0.2, 0) is 23.9 Å². The maximum absolute atomic E-state index is 12.2. The number of carbonyl (C=O) groups excluding carboxylic acids is 4. The molecule has 0 N–H and O–H groups in total. The fraction of sp³-hybridized carbons (Fsp3) is 0.833. The first-order valence-electron chi connectivity index (χ1n) is 11.7. The smallest absolute Gasteiger partial charge is 0.410 e. The molecular formula is C24H43N3O7. The number of hydrogen-bond donors (Lipinski definition) is 0. The van der Waals surface area contributed by atoms with Gasteiger partial charge in [0.05, 0.1) is 13.2 Å². The Hall–Kier alpha value is -2.36. The Balaban J connectivity index is 0.000000350. The number of aldehydes is 1. The van der Waals surface area contributed by atoms with Crippen LogP contribution in [0.4, 0.5) is 9.59 Å². The van der Waals surface area contributed by atoms with Crippen LogP contribution in [-0.4, -0.2) is 89.8 Å². The molecule has 0 unspecified atom stereocenters. The number of carbonyl (C=O) groups is 4. The number of amides is 3. The summed E-state index contributed by atoms with van der Waals surface area (Å²) in [5.41, 5.74) is -1.07.